The van der Waals surface area contributed by atoms with Crippen LogP contribution in [0.3, 0.4) is 0 Å². The van der Waals surface area contributed by atoms with Crippen molar-refractivity contribution >= 4 is 29.8 Å². The summed E-state index contributed by atoms with van der Waals surface area (Å²) < 4.78 is 10.8. The second-order valence-electron chi connectivity index (χ2n) is 8.11. The smallest absolute Gasteiger partial charge is 0.308 e. The van der Waals surface area contributed by atoms with Crippen LogP contribution in [0.2, 0.25) is 0 Å². The molecule has 0 bridgehead atoms. The van der Waals surface area contributed by atoms with Crippen LogP contribution in [0.25, 0.3) is 0 Å². The Bertz CT molecular complexity index is 1170. The Morgan fingerprint density at radius 2 is 1.97 bits per heavy atom. The molecular formula is C25H23ClN3O3+. The van der Waals surface area contributed by atoms with Gasteiger partial charge >= 0.3 is 5.97 Å². The lowest BCUT2D eigenvalue weighted by Gasteiger charge is -2.32. The Morgan fingerprint density at radius 1 is 1.16 bits per heavy atom. The second-order valence-corrected chi connectivity index (χ2v) is 8.64. The van der Waals surface area contributed by atoms with Crippen LogP contribution in [-0.2, 0) is 16.1 Å². The summed E-state index contributed by atoms with van der Waals surface area (Å²) in [4.78, 5) is 21.1. The molecule has 6 nitrogen and oxygen atoms in total. The van der Waals surface area contributed by atoms with Crippen LogP contribution in [0.15, 0.2) is 88.4 Å². The van der Waals surface area contributed by atoms with Gasteiger partial charge in [-0.25, -0.2) is 0 Å². The molecule has 0 N–H and O–H groups in total. The molecular weight excluding hydrogens is 426 g/mol. The van der Waals surface area contributed by atoms with Crippen molar-refractivity contribution < 1.29 is 18.3 Å². The number of hydrogen-bond acceptors (Lipinski definition) is 5. The van der Waals surface area contributed by atoms with Crippen molar-refractivity contribution in [1.82, 2.24) is 0 Å². The van der Waals surface area contributed by atoms with E-state index in [4.69, 9.17) is 26.2 Å². The van der Waals surface area contributed by atoms with Crippen molar-refractivity contribution in [2.45, 2.75) is 19.4 Å². The van der Waals surface area contributed by atoms with Gasteiger partial charge in [0.15, 0.2) is 11.8 Å². The minimum absolute atomic E-state index is 0.0691. The van der Waals surface area contributed by atoms with Gasteiger partial charge in [-0.05, 0) is 36.6 Å². The van der Waals surface area contributed by atoms with Crippen molar-refractivity contribution in [3.63, 3.8) is 0 Å². The van der Waals surface area contributed by atoms with Crippen LogP contribution in [-0.4, -0.2) is 29.1 Å². The molecule has 0 amide bonds. The van der Waals surface area contributed by atoms with Gasteiger partial charge in [0.25, 0.3) is 5.84 Å². The quantitative estimate of drug-likeness (QED) is 0.463. The van der Waals surface area contributed by atoms with Crippen molar-refractivity contribution in [1.29, 1.82) is 0 Å². The number of hydrogen-bond donors (Lipinski definition) is 0. The maximum absolute atomic E-state index is 11.8. The molecule has 1 atom stereocenters. The van der Waals surface area contributed by atoms with Gasteiger partial charge in [-0.15, -0.1) is 4.00 Å². The minimum atomic E-state index is -0.166. The third-order valence-electron chi connectivity index (χ3n) is 6.10. The Balaban J connectivity index is 1.40. The van der Waals surface area contributed by atoms with Gasteiger partial charge in [-0.2, -0.15) is 4.99 Å². The van der Waals surface area contributed by atoms with E-state index in [9.17, 15) is 4.79 Å². The van der Waals surface area contributed by atoms with E-state index >= 15 is 0 Å². The Hall–Kier alpha value is -3.22. The lowest BCUT2D eigenvalue weighted by atomic mass is 9.73. The van der Waals surface area contributed by atoms with Gasteiger partial charge < -0.3 is 9.47 Å². The zero-order chi connectivity index (χ0) is 22.1. The van der Waals surface area contributed by atoms with Crippen molar-refractivity contribution in [2.75, 3.05) is 7.11 Å². The SMILES string of the molecule is COC(=O)C1CC(C2=C3C=NC=C[N+]3(Cl)C(c3cccc(OCc4ccccc4)c3)=N2)C1. The molecule has 32 heavy (non-hydrogen) atoms. The maximum atomic E-state index is 11.8. The van der Waals surface area contributed by atoms with Crippen LogP contribution >= 0.6 is 11.8 Å². The molecule has 1 fully saturated rings. The molecule has 0 aromatic heterocycles. The largest absolute Gasteiger partial charge is 0.489 e. The molecule has 0 spiro atoms. The fourth-order valence-electron chi connectivity index (χ4n) is 4.29. The molecule has 2 aromatic carbocycles. The summed E-state index contributed by atoms with van der Waals surface area (Å²) in [5.41, 5.74) is 3.69. The zero-order valence-corrected chi connectivity index (χ0v) is 18.4. The first-order chi connectivity index (χ1) is 15.6. The summed E-state index contributed by atoms with van der Waals surface area (Å²) in [5.74, 6) is 1.35. The lowest BCUT2D eigenvalue weighted by Crippen LogP contribution is -2.38. The Labute approximate surface area is 191 Å². The second kappa shape index (κ2) is 8.37. The molecule has 1 unspecified atom stereocenters. The number of halogens is 1. The normalized spacial score (nSPS) is 25.8. The number of carbonyl (C=O) groups is 1. The molecule has 3 aliphatic rings. The van der Waals surface area contributed by atoms with E-state index in [2.05, 4.69) is 4.99 Å². The highest BCUT2D eigenvalue weighted by molar-refractivity contribution is 6.20. The van der Waals surface area contributed by atoms with E-state index in [1.807, 2.05) is 60.8 Å². The van der Waals surface area contributed by atoms with Gasteiger partial charge in [0.2, 0.25) is 5.70 Å². The number of esters is 1. The van der Waals surface area contributed by atoms with Crippen LogP contribution in [0.4, 0.5) is 0 Å². The summed E-state index contributed by atoms with van der Waals surface area (Å²) in [6.45, 7) is 0.482. The average Bonchev–Trinajstić information content (AvgIpc) is 3.10. The third-order valence-corrected chi connectivity index (χ3v) is 6.56. The number of amidine groups is 1. The van der Waals surface area contributed by atoms with Gasteiger partial charge in [0.1, 0.15) is 24.3 Å². The highest BCUT2D eigenvalue weighted by Gasteiger charge is 2.50. The number of allylic oxidation sites excluding steroid dienone is 2. The van der Waals surface area contributed by atoms with Crippen LogP contribution < -0.4 is 4.74 Å². The first-order valence-electron chi connectivity index (χ1n) is 10.6. The molecule has 2 heterocycles. The maximum Gasteiger partial charge on any atom is 0.308 e. The number of aliphatic imine (C=N–C) groups is 2. The first-order valence-corrected chi connectivity index (χ1v) is 10.9. The molecule has 0 saturated heterocycles. The molecule has 5 rings (SSSR count). The highest BCUT2D eigenvalue weighted by atomic mass is 35.5. The van der Waals surface area contributed by atoms with Gasteiger partial charge in [0, 0.05) is 5.92 Å². The van der Waals surface area contributed by atoms with E-state index in [0.717, 1.165) is 28.3 Å². The molecule has 2 aromatic rings. The summed E-state index contributed by atoms with van der Waals surface area (Å²) in [7, 11) is 1.43. The summed E-state index contributed by atoms with van der Waals surface area (Å²) in [6.07, 6.45) is 6.67. The van der Waals surface area contributed by atoms with Gasteiger partial charge in [0.05, 0.1) is 31.0 Å². The lowest BCUT2D eigenvalue weighted by molar-refractivity contribution is -0.600. The van der Waals surface area contributed by atoms with E-state index in [1.54, 1.807) is 12.4 Å². The summed E-state index contributed by atoms with van der Waals surface area (Å²) in [6, 6.07) is 17.8. The predicted molar refractivity (Wildman–Crippen MR) is 123 cm³/mol. The fraction of sp³-hybridized carbons (Fsp3) is 0.240. The van der Waals surface area contributed by atoms with E-state index < -0.39 is 0 Å². The minimum Gasteiger partial charge on any atom is -0.489 e. The number of quaternary nitrogens is 1. The summed E-state index contributed by atoms with van der Waals surface area (Å²) in [5, 5.41) is 0. The highest BCUT2D eigenvalue weighted by Crippen LogP contribution is 2.47. The molecule has 7 heteroatoms. The average molecular weight is 449 g/mol. The fourth-order valence-corrected chi connectivity index (χ4v) is 4.60. The van der Waals surface area contributed by atoms with E-state index in [0.29, 0.717) is 25.3 Å². The van der Waals surface area contributed by atoms with E-state index in [1.165, 1.54) is 7.11 Å². The van der Waals surface area contributed by atoms with Gasteiger partial charge in [-0.3, -0.25) is 9.79 Å². The third kappa shape index (κ3) is 3.66. The topological polar surface area (TPSA) is 60.2 Å². The Morgan fingerprint density at radius 3 is 2.75 bits per heavy atom. The van der Waals surface area contributed by atoms with Gasteiger partial charge in [-0.1, -0.05) is 36.4 Å². The molecule has 1 aliphatic carbocycles. The number of benzene rings is 2. The predicted octanol–water partition coefficient (Wildman–Crippen LogP) is 4.96. The molecule has 1 saturated carbocycles. The standard InChI is InChI=1S/C25H23ClN3O3/c1-31-25(30)20-12-19(13-20)23-22-15-27-10-11-29(22,26)24(28-23)18-8-5-9-21(14-18)32-16-17-6-3-2-4-7-17/h2-11,14-15,19-20H,12-13,16H2,1H3/q+1. The van der Waals surface area contributed by atoms with Crippen LogP contribution in [0.1, 0.15) is 24.0 Å². The molecule has 162 valence electrons. The number of methoxy groups -OCH3 is 1. The van der Waals surface area contributed by atoms with Crippen molar-refractivity contribution in [2.24, 2.45) is 21.8 Å². The summed E-state index contributed by atoms with van der Waals surface area (Å²) >= 11 is 7.08. The molecule has 0 radical (unpaired) electrons. The number of fused-ring (bicyclic) bond motifs is 1. The molecule has 2 aliphatic heterocycles. The zero-order valence-electron chi connectivity index (χ0n) is 17.6. The van der Waals surface area contributed by atoms with Crippen LogP contribution in [0.5, 0.6) is 5.75 Å². The first kappa shape index (κ1) is 20.7. The number of rotatable bonds is 6. The van der Waals surface area contributed by atoms with Crippen molar-refractivity contribution in [3.05, 3.63) is 89.5 Å². The number of ether oxygens (including phenoxy) is 2. The van der Waals surface area contributed by atoms with E-state index in [-0.39, 0.29) is 21.8 Å². The number of carbonyl (C=O) groups excluding carboxylic acids is 1. The monoisotopic (exact) mass is 448 g/mol. The van der Waals surface area contributed by atoms with Crippen LogP contribution in [0, 0.1) is 11.8 Å². The van der Waals surface area contributed by atoms with Crippen molar-refractivity contribution in [3.8, 4) is 5.75 Å². The number of nitrogens with zero attached hydrogens (tertiary/aromatic N) is 3. The Kier molecular flexibility index (Phi) is 5.41.